The van der Waals surface area contributed by atoms with Gasteiger partial charge in [-0.25, -0.2) is 31.4 Å². The number of esters is 2. The van der Waals surface area contributed by atoms with Crippen LogP contribution in [0.15, 0.2) is 11.2 Å². The number of carbonyl (C=O) groups excluding carboxylic acids is 4. The van der Waals surface area contributed by atoms with Gasteiger partial charge >= 0.3 is 24.0 Å². The van der Waals surface area contributed by atoms with Crippen LogP contribution >= 0.6 is 0 Å². The van der Waals surface area contributed by atoms with Crippen molar-refractivity contribution in [2.45, 2.75) is 167 Å². The molecule has 2 heterocycles. The molecule has 0 spiro atoms. The Morgan fingerprint density at radius 1 is 0.726 bits per heavy atom. The molecule has 0 atom stereocenters. The summed E-state index contributed by atoms with van der Waals surface area (Å²) in [7, 11) is -7.19. The zero-order valence-corrected chi connectivity index (χ0v) is 39.8. The first-order valence-electron chi connectivity index (χ1n) is 21.1. The minimum atomic E-state index is -3.62. The quantitative estimate of drug-likeness (QED) is 0.121. The minimum Gasteiger partial charge on any atom is -0.481 e. The van der Waals surface area contributed by atoms with Gasteiger partial charge in [-0.3, -0.25) is 14.4 Å². The van der Waals surface area contributed by atoms with Crippen molar-refractivity contribution in [3.63, 3.8) is 0 Å². The molecule has 2 saturated carbocycles. The number of amides is 1. The van der Waals surface area contributed by atoms with Gasteiger partial charge in [0, 0.05) is 43.3 Å². The molecule has 19 nitrogen and oxygen atoms in total. The summed E-state index contributed by atoms with van der Waals surface area (Å²) in [6, 6.07) is -0.651. The number of ether oxygens (including phenoxy) is 3. The molecule has 0 bridgehead atoms. The van der Waals surface area contributed by atoms with Crippen molar-refractivity contribution in [1.82, 2.24) is 23.1 Å². The summed E-state index contributed by atoms with van der Waals surface area (Å²) in [5, 5.41) is 8.99. The number of imidazole rings is 1. The molecule has 0 radical (unpaired) electrons. The van der Waals surface area contributed by atoms with E-state index < -0.39 is 60.7 Å². The molecule has 4 rings (SSSR count). The number of likely N-dealkylation sites (tertiary alicyclic amines) is 1. The number of nitrogens with zero attached hydrogens (tertiary/aromatic N) is 6. The van der Waals surface area contributed by atoms with Gasteiger partial charge in [-0.2, -0.15) is 8.61 Å². The van der Waals surface area contributed by atoms with E-state index in [1.54, 1.807) is 52.5 Å². The fraction of sp³-hybridized carbons (Fsp3) is 0.805. The maximum atomic E-state index is 12.5. The average molecular weight is 917 g/mol. The standard InChI is InChI=1S/C27H43N5O7S.C14H25NO6S/c1-26(2,3)38-23(34)17-32(40(7,36)37)21-10-8-19(9-11-21)22-16-31(24(29-22)28-18-33)20-12-14-30(15-13-20)25(35)39-27(4,5)6;1-14(2,3)21-12(16)9-15(22(4,19)20)11-7-5-10(6-8-11)13(17)18/h16,19-21H,8-15,17H2,1-7H3;10-11H,5-9H2,1-4H3,(H,17,18)/t19-,21-;10-,11-. The minimum absolute atomic E-state index is 0.0120. The molecule has 3 aliphatic rings. The molecule has 1 amide bonds. The van der Waals surface area contributed by atoms with Crippen LogP contribution in [0.2, 0.25) is 0 Å². The Bertz CT molecular complexity index is 1990. The Morgan fingerprint density at radius 2 is 1.15 bits per heavy atom. The summed E-state index contributed by atoms with van der Waals surface area (Å²) < 4.78 is 69.3. The van der Waals surface area contributed by atoms with Crippen molar-refractivity contribution in [3.05, 3.63) is 11.9 Å². The van der Waals surface area contributed by atoms with Crippen molar-refractivity contribution in [3.8, 4) is 0 Å². The molecule has 1 saturated heterocycles. The van der Waals surface area contributed by atoms with E-state index in [4.69, 9.17) is 19.3 Å². The van der Waals surface area contributed by atoms with Crippen LogP contribution in [0.4, 0.5) is 10.7 Å². The second-order valence-electron chi connectivity index (χ2n) is 19.4. The van der Waals surface area contributed by atoms with Gasteiger partial charge in [0.1, 0.15) is 29.9 Å². The van der Waals surface area contributed by atoms with Crippen molar-refractivity contribution in [2.24, 2.45) is 10.9 Å². The molecule has 1 aromatic heterocycles. The van der Waals surface area contributed by atoms with E-state index in [0.29, 0.717) is 77.3 Å². The number of carbonyl (C=O) groups is 4. The normalized spacial score (nSPS) is 21.9. The smallest absolute Gasteiger partial charge is 0.410 e. The number of hydrogen-bond donors (Lipinski definition) is 1. The van der Waals surface area contributed by atoms with Gasteiger partial charge in [0.05, 0.1) is 24.1 Å². The second kappa shape index (κ2) is 21.2. The third kappa shape index (κ3) is 17.0. The predicted molar refractivity (Wildman–Crippen MR) is 229 cm³/mol. The van der Waals surface area contributed by atoms with Crippen molar-refractivity contribution < 1.29 is 60.1 Å². The maximum Gasteiger partial charge on any atom is 0.410 e. The Kier molecular flexibility index (Phi) is 17.9. The number of aliphatic imine (C=N–C) groups is 1. The Morgan fingerprint density at radius 3 is 1.52 bits per heavy atom. The average Bonchev–Trinajstić information content (AvgIpc) is 3.54. The van der Waals surface area contributed by atoms with E-state index in [9.17, 15) is 40.8 Å². The van der Waals surface area contributed by atoms with Crippen LogP contribution in [0.25, 0.3) is 0 Å². The van der Waals surface area contributed by atoms with Gasteiger partial charge in [-0.1, -0.05) is 0 Å². The zero-order valence-electron chi connectivity index (χ0n) is 38.2. The van der Waals surface area contributed by atoms with E-state index in [0.717, 1.165) is 22.5 Å². The second-order valence-corrected chi connectivity index (χ2v) is 23.3. The lowest BCUT2D eigenvalue weighted by atomic mass is 9.84. The SMILES string of the molecule is CC(C)(C)OC(=O)CN([C@H]1CC[C@H](C(=O)O)CC1)S(C)(=O)=O.CC(C)(C)OC(=O)CN([C@H]1CC[C@H](c2cn(C3CCN(C(=O)OC(C)(C)C)CC3)c(N=C=O)n2)CC1)S(C)(=O)=O. The molecule has 1 aromatic rings. The van der Waals surface area contributed by atoms with Crippen LogP contribution in [0.5, 0.6) is 0 Å². The molecule has 62 heavy (non-hydrogen) atoms. The number of carboxylic acids is 1. The zero-order chi connectivity index (χ0) is 47.0. The van der Waals surface area contributed by atoms with Crippen LogP contribution in [0.3, 0.4) is 0 Å². The molecular formula is C41H68N6O13S2. The highest BCUT2D eigenvalue weighted by Crippen LogP contribution is 2.38. The van der Waals surface area contributed by atoms with Crippen LogP contribution in [0, 0.1) is 5.92 Å². The molecule has 1 aliphatic heterocycles. The molecule has 352 valence electrons. The summed E-state index contributed by atoms with van der Waals surface area (Å²) in [5.74, 6) is -2.12. The van der Waals surface area contributed by atoms with Crippen LogP contribution in [0.1, 0.15) is 144 Å². The summed E-state index contributed by atoms with van der Waals surface area (Å²) in [5.41, 5.74) is -1.15. The highest BCUT2D eigenvalue weighted by atomic mass is 32.2. The van der Waals surface area contributed by atoms with Crippen LogP contribution in [-0.2, 0) is 53.4 Å². The Labute approximate surface area is 367 Å². The summed E-state index contributed by atoms with van der Waals surface area (Å²) in [6.07, 6.45) is 10.9. The number of hydrogen-bond acceptors (Lipinski definition) is 14. The Hall–Kier alpha value is -3.91. The van der Waals surface area contributed by atoms with E-state index in [1.807, 2.05) is 31.5 Å². The first kappa shape index (κ1) is 52.4. The number of aliphatic carboxylic acids is 1. The highest BCUT2D eigenvalue weighted by molar-refractivity contribution is 7.88. The van der Waals surface area contributed by atoms with Gasteiger partial charge in [-0.05, 0) is 127 Å². The first-order chi connectivity index (χ1) is 28.4. The lowest BCUT2D eigenvalue weighted by Crippen LogP contribution is -2.46. The van der Waals surface area contributed by atoms with E-state index in [-0.39, 0.29) is 49.2 Å². The Balaban J connectivity index is 0.000000393. The monoisotopic (exact) mass is 916 g/mol. The predicted octanol–water partition coefficient (Wildman–Crippen LogP) is 5.29. The van der Waals surface area contributed by atoms with Crippen molar-refractivity contribution in [1.29, 1.82) is 0 Å². The van der Waals surface area contributed by atoms with E-state index >= 15 is 0 Å². The molecule has 2 aliphatic carbocycles. The van der Waals surface area contributed by atoms with Gasteiger partial charge in [0.25, 0.3) is 0 Å². The summed E-state index contributed by atoms with van der Waals surface area (Å²) in [4.78, 5) is 69.0. The molecule has 21 heteroatoms. The largest absolute Gasteiger partial charge is 0.481 e. The lowest BCUT2D eigenvalue weighted by Gasteiger charge is -2.35. The van der Waals surface area contributed by atoms with Crippen molar-refractivity contribution >= 4 is 56.1 Å². The number of rotatable bonds is 12. The highest BCUT2D eigenvalue weighted by Gasteiger charge is 2.37. The van der Waals surface area contributed by atoms with Crippen molar-refractivity contribution in [2.75, 3.05) is 38.7 Å². The molecule has 0 unspecified atom stereocenters. The van der Waals surface area contributed by atoms with Gasteiger partial charge in [-0.15, -0.1) is 4.99 Å². The number of carboxylic acid groups (broad SMARTS) is 1. The molecular weight excluding hydrogens is 849 g/mol. The fourth-order valence-electron chi connectivity index (χ4n) is 7.95. The van der Waals surface area contributed by atoms with Crippen LogP contribution in [-0.4, -0.2) is 143 Å². The summed E-state index contributed by atoms with van der Waals surface area (Å²) in [6.45, 7) is 16.3. The third-order valence-corrected chi connectivity index (χ3v) is 13.2. The summed E-state index contributed by atoms with van der Waals surface area (Å²) >= 11 is 0. The molecule has 3 fully saturated rings. The molecule has 0 aromatic carbocycles. The molecule has 1 N–H and O–H groups in total. The topological polar surface area (TPSA) is 241 Å². The maximum absolute atomic E-state index is 12.5. The fourth-order valence-corrected chi connectivity index (χ4v) is 10.1. The lowest BCUT2D eigenvalue weighted by molar-refractivity contribution is -0.156. The number of isocyanates is 1. The van der Waals surface area contributed by atoms with Gasteiger partial charge < -0.3 is 28.8 Å². The first-order valence-corrected chi connectivity index (χ1v) is 24.8. The van der Waals surface area contributed by atoms with E-state index in [1.165, 1.54) is 4.31 Å². The van der Waals surface area contributed by atoms with E-state index in [2.05, 4.69) is 9.98 Å². The number of aromatic nitrogens is 2. The van der Waals surface area contributed by atoms with Crippen LogP contribution < -0.4 is 0 Å². The van der Waals surface area contributed by atoms with Gasteiger partial charge in [0.15, 0.2) is 0 Å². The number of sulfonamides is 2. The van der Waals surface area contributed by atoms with Gasteiger partial charge in [0.2, 0.25) is 32.1 Å². The number of piperidine rings is 1. The third-order valence-electron chi connectivity index (χ3n) is 10.6.